The summed E-state index contributed by atoms with van der Waals surface area (Å²) in [6.07, 6.45) is 6.95. The first-order valence-corrected chi connectivity index (χ1v) is 17.6. The van der Waals surface area contributed by atoms with Crippen LogP contribution in [-0.2, 0) is 14.9 Å². The number of alkyl carbamates (subject to hydrolysis) is 1. The molecule has 1 amide bonds. The van der Waals surface area contributed by atoms with E-state index < -0.39 is 11.0 Å². The number of fused-ring (bicyclic) bond motifs is 2. The van der Waals surface area contributed by atoms with E-state index in [2.05, 4.69) is 70.1 Å². The van der Waals surface area contributed by atoms with E-state index in [0.717, 1.165) is 122 Å². The third-order valence-corrected chi connectivity index (χ3v) is 10.0. The predicted molar refractivity (Wildman–Crippen MR) is 188 cm³/mol. The molecule has 3 fully saturated rings. The highest BCUT2D eigenvalue weighted by Gasteiger charge is 2.35. The Bertz CT molecular complexity index is 1830. The molecule has 3 aliphatic rings. The van der Waals surface area contributed by atoms with Gasteiger partial charge in [-0.05, 0) is 114 Å². The number of rotatable bonds is 5. The molecule has 5 heterocycles. The standard InChI is InChI=1S/C38H47N7O3/c1-37(2,3)48-36(46)41-28-11-6-8-20-44(24-28)35-29-12-5-4-10-26(29)22-31(42-35)34-30-23-27(38(25-39)16-18-40-19-17-38)14-15-32(30)45(43-34)33-13-7-9-21-47-33/h4-5,10,12,14-15,22-23,28,33,40H,6-9,11,13,16-21,24H2,1-3H3,(H,41,46)/t28-,33?/m0/s1. The number of anilines is 1. The van der Waals surface area contributed by atoms with Crippen LogP contribution in [0.3, 0.4) is 0 Å². The first-order chi connectivity index (χ1) is 23.2. The van der Waals surface area contributed by atoms with Crippen LogP contribution in [0.1, 0.15) is 83.9 Å². The maximum atomic E-state index is 12.8. The zero-order valence-electron chi connectivity index (χ0n) is 28.4. The Kier molecular flexibility index (Phi) is 9.01. The molecule has 0 aliphatic carbocycles. The number of amides is 1. The lowest BCUT2D eigenvalue weighted by atomic mass is 9.74. The average molecular weight is 650 g/mol. The molecule has 0 bridgehead atoms. The summed E-state index contributed by atoms with van der Waals surface area (Å²) < 4.78 is 13.9. The molecule has 2 aromatic heterocycles. The SMILES string of the molecule is CC(C)(C)OC(=O)N[C@H]1CCCCN(c2nc(-c3nn(C4CCCCO4)c4ccc(C5(C#N)CCNCC5)cc34)cc3ccccc23)C1. The molecule has 10 nitrogen and oxygen atoms in total. The Morgan fingerprint density at radius 1 is 1.06 bits per heavy atom. The van der Waals surface area contributed by atoms with Gasteiger partial charge in [0.15, 0.2) is 6.23 Å². The predicted octanol–water partition coefficient (Wildman–Crippen LogP) is 6.98. The van der Waals surface area contributed by atoms with Crippen molar-refractivity contribution in [2.45, 2.75) is 95.4 Å². The molecular weight excluding hydrogens is 602 g/mol. The Morgan fingerprint density at radius 2 is 1.88 bits per heavy atom. The minimum absolute atomic E-state index is 0.0650. The first kappa shape index (κ1) is 32.4. The number of pyridine rings is 1. The zero-order valence-corrected chi connectivity index (χ0v) is 28.4. The van der Waals surface area contributed by atoms with Gasteiger partial charge in [-0.2, -0.15) is 10.4 Å². The smallest absolute Gasteiger partial charge is 0.407 e. The number of nitriles is 1. The van der Waals surface area contributed by atoms with E-state index in [0.29, 0.717) is 6.54 Å². The lowest BCUT2D eigenvalue weighted by molar-refractivity contribution is -0.0365. The second-order valence-corrected chi connectivity index (χ2v) is 14.6. The molecule has 2 N–H and O–H groups in total. The summed E-state index contributed by atoms with van der Waals surface area (Å²) in [4.78, 5) is 20.5. The largest absolute Gasteiger partial charge is 0.444 e. The van der Waals surface area contributed by atoms with Crippen molar-refractivity contribution in [3.05, 3.63) is 54.1 Å². The number of aromatic nitrogens is 3. The van der Waals surface area contributed by atoms with Gasteiger partial charge >= 0.3 is 6.09 Å². The van der Waals surface area contributed by atoms with Gasteiger partial charge in [0.1, 0.15) is 17.1 Å². The van der Waals surface area contributed by atoms with Crippen LogP contribution in [0.4, 0.5) is 10.6 Å². The fourth-order valence-corrected chi connectivity index (χ4v) is 7.55. The van der Waals surface area contributed by atoms with Crippen molar-refractivity contribution >= 4 is 33.6 Å². The quantitative estimate of drug-likeness (QED) is 0.238. The number of hydrogen-bond acceptors (Lipinski definition) is 8. The molecule has 7 rings (SSSR count). The van der Waals surface area contributed by atoms with Crippen molar-refractivity contribution in [2.24, 2.45) is 0 Å². The third kappa shape index (κ3) is 6.58. The van der Waals surface area contributed by atoms with Crippen molar-refractivity contribution in [3.8, 4) is 17.5 Å². The van der Waals surface area contributed by atoms with Crippen LogP contribution >= 0.6 is 0 Å². The molecule has 252 valence electrons. The highest BCUT2D eigenvalue weighted by Crippen LogP contribution is 2.40. The van der Waals surface area contributed by atoms with E-state index in [-0.39, 0.29) is 18.4 Å². The minimum atomic E-state index is -0.559. The fraction of sp³-hybridized carbons (Fsp3) is 0.526. The van der Waals surface area contributed by atoms with Gasteiger partial charge in [-0.15, -0.1) is 0 Å². The number of ether oxygens (including phenoxy) is 2. The number of piperidine rings is 1. The molecule has 2 aromatic carbocycles. The second kappa shape index (κ2) is 13.4. The summed E-state index contributed by atoms with van der Waals surface area (Å²) in [5, 5.41) is 25.4. The summed E-state index contributed by atoms with van der Waals surface area (Å²) in [6.45, 7) is 9.48. The fourth-order valence-electron chi connectivity index (χ4n) is 7.55. The van der Waals surface area contributed by atoms with Crippen molar-refractivity contribution in [3.63, 3.8) is 0 Å². The molecule has 10 heteroatoms. The highest BCUT2D eigenvalue weighted by molar-refractivity contribution is 5.99. The van der Waals surface area contributed by atoms with Gasteiger partial charge in [0.2, 0.25) is 0 Å². The number of hydrogen-bond donors (Lipinski definition) is 2. The van der Waals surface area contributed by atoms with Gasteiger partial charge in [-0.3, -0.25) is 0 Å². The second-order valence-electron chi connectivity index (χ2n) is 14.6. The average Bonchev–Trinajstić information content (AvgIpc) is 3.32. The summed E-state index contributed by atoms with van der Waals surface area (Å²) in [6, 6.07) is 19.6. The van der Waals surface area contributed by atoms with Gasteiger partial charge in [-0.1, -0.05) is 30.3 Å². The molecule has 2 atom stereocenters. The normalized spacial score (nSPS) is 21.8. The van der Waals surface area contributed by atoms with Crippen molar-refractivity contribution in [2.75, 3.05) is 37.7 Å². The van der Waals surface area contributed by atoms with Gasteiger partial charge < -0.3 is 25.0 Å². The van der Waals surface area contributed by atoms with Crippen molar-refractivity contribution < 1.29 is 14.3 Å². The number of carbonyl (C=O) groups excluding carboxylic acids is 1. The number of benzene rings is 2. The Labute approximate surface area is 282 Å². The van der Waals surface area contributed by atoms with Gasteiger partial charge in [0.25, 0.3) is 0 Å². The Morgan fingerprint density at radius 3 is 2.65 bits per heavy atom. The van der Waals surface area contributed by atoms with Crippen LogP contribution in [0.2, 0.25) is 0 Å². The summed E-state index contributed by atoms with van der Waals surface area (Å²) in [5.74, 6) is 0.889. The maximum absolute atomic E-state index is 12.8. The maximum Gasteiger partial charge on any atom is 0.407 e. The summed E-state index contributed by atoms with van der Waals surface area (Å²) in [7, 11) is 0. The van der Waals surface area contributed by atoms with Crippen LogP contribution in [0.5, 0.6) is 0 Å². The lowest BCUT2D eigenvalue weighted by Crippen LogP contribution is -2.45. The topological polar surface area (TPSA) is 117 Å². The molecule has 0 spiro atoms. The van der Waals surface area contributed by atoms with Crippen molar-refractivity contribution in [1.82, 2.24) is 25.4 Å². The zero-order chi connectivity index (χ0) is 33.3. The minimum Gasteiger partial charge on any atom is -0.444 e. The van der Waals surface area contributed by atoms with E-state index in [1.165, 1.54) is 0 Å². The van der Waals surface area contributed by atoms with E-state index in [9.17, 15) is 10.1 Å². The molecule has 48 heavy (non-hydrogen) atoms. The number of nitrogens with zero attached hydrogens (tertiary/aromatic N) is 5. The monoisotopic (exact) mass is 649 g/mol. The molecule has 0 saturated carbocycles. The van der Waals surface area contributed by atoms with E-state index in [1.807, 2.05) is 25.5 Å². The molecular formula is C38H47N7O3. The van der Waals surface area contributed by atoms with Crippen LogP contribution < -0.4 is 15.5 Å². The number of carbonyl (C=O) groups is 1. The third-order valence-electron chi connectivity index (χ3n) is 10.0. The molecule has 3 aliphatic heterocycles. The highest BCUT2D eigenvalue weighted by atomic mass is 16.6. The number of nitrogens with one attached hydrogen (secondary N) is 2. The van der Waals surface area contributed by atoms with E-state index in [4.69, 9.17) is 19.6 Å². The van der Waals surface area contributed by atoms with Crippen LogP contribution in [-0.4, -0.2) is 65.3 Å². The summed E-state index contributed by atoms with van der Waals surface area (Å²) in [5.41, 5.74) is 2.52. The Balaban J connectivity index is 1.33. The van der Waals surface area contributed by atoms with Crippen LogP contribution in [0, 0.1) is 11.3 Å². The molecule has 3 saturated heterocycles. The van der Waals surface area contributed by atoms with Gasteiger partial charge in [-0.25, -0.2) is 14.5 Å². The van der Waals surface area contributed by atoms with Gasteiger partial charge in [0, 0.05) is 36.5 Å². The van der Waals surface area contributed by atoms with E-state index in [1.54, 1.807) is 0 Å². The van der Waals surface area contributed by atoms with Gasteiger partial charge in [0.05, 0.1) is 22.7 Å². The van der Waals surface area contributed by atoms with Crippen LogP contribution in [0.15, 0.2) is 48.5 Å². The van der Waals surface area contributed by atoms with E-state index >= 15 is 0 Å². The lowest BCUT2D eigenvalue weighted by Gasteiger charge is -2.31. The van der Waals surface area contributed by atoms with Crippen LogP contribution in [0.25, 0.3) is 33.1 Å². The molecule has 4 aromatic rings. The summed E-state index contributed by atoms with van der Waals surface area (Å²) >= 11 is 0. The molecule has 1 unspecified atom stereocenters. The Hall–Kier alpha value is -4.20. The molecule has 0 radical (unpaired) electrons. The first-order valence-electron chi connectivity index (χ1n) is 17.6. The van der Waals surface area contributed by atoms with Crippen molar-refractivity contribution in [1.29, 1.82) is 5.26 Å².